The Hall–Kier alpha value is -4.38. The molecule has 0 saturated carbocycles. The molecule has 2 amide bonds. The van der Waals surface area contributed by atoms with Crippen LogP contribution in [0.15, 0.2) is 48.7 Å². The van der Waals surface area contributed by atoms with E-state index in [9.17, 15) is 19.1 Å². The van der Waals surface area contributed by atoms with Gasteiger partial charge in [-0.1, -0.05) is 18.2 Å². The lowest BCUT2D eigenvalue weighted by Crippen LogP contribution is -2.35. The molecule has 40 heavy (non-hydrogen) atoms. The molecule has 0 unspecified atom stereocenters. The zero-order chi connectivity index (χ0) is 28.6. The maximum absolute atomic E-state index is 15.2. The fourth-order valence-electron chi connectivity index (χ4n) is 4.97. The number of fused-ring (bicyclic) bond motifs is 1. The van der Waals surface area contributed by atoms with E-state index >= 15 is 4.39 Å². The number of carbonyl (C=O) groups is 2. The van der Waals surface area contributed by atoms with E-state index < -0.39 is 23.1 Å². The van der Waals surface area contributed by atoms with Crippen LogP contribution in [-0.2, 0) is 16.9 Å². The van der Waals surface area contributed by atoms with Gasteiger partial charge in [0.1, 0.15) is 11.6 Å². The maximum Gasteiger partial charge on any atom is 0.254 e. The number of pyridine rings is 1. The third-order valence-corrected chi connectivity index (χ3v) is 7.06. The van der Waals surface area contributed by atoms with Crippen LogP contribution >= 0.6 is 0 Å². The minimum Gasteiger partial charge on any atom is -0.386 e. The quantitative estimate of drug-likeness (QED) is 0.279. The van der Waals surface area contributed by atoms with Gasteiger partial charge in [-0.25, -0.2) is 13.8 Å². The van der Waals surface area contributed by atoms with Gasteiger partial charge in [0.25, 0.3) is 5.91 Å². The van der Waals surface area contributed by atoms with E-state index in [2.05, 4.69) is 30.7 Å². The number of amides is 2. The molecular weight excluding hydrogens is 518 g/mol. The normalized spacial score (nSPS) is 15.4. The summed E-state index contributed by atoms with van der Waals surface area (Å²) in [5.41, 5.74) is 1.03. The number of nitrogens with one attached hydrogen (secondary N) is 3. The smallest absolute Gasteiger partial charge is 0.254 e. The molecule has 1 aliphatic heterocycles. The molecule has 0 radical (unpaired) electrons. The zero-order valence-electron chi connectivity index (χ0n) is 22.4. The molecule has 208 valence electrons. The van der Waals surface area contributed by atoms with Crippen molar-refractivity contribution < 1.29 is 23.5 Å². The van der Waals surface area contributed by atoms with Crippen molar-refractivity contribution in [1.82, 2.24) is 25.8 Å². The number of H-pyrrole nitrogens is 1. The highest BCUT2D eigenvalue weighted by atomic mass is 19.1. The number of hydrogen-bond donors (Lipinski definition) is 4. The number of halogens is 2. The molecule has 0 aliphatic carbocycles. The minimum absolute atomic E-state index is 0.0178. The molecule has 1 saturated heterocycles. The highest BCUT2D eigenvalue weighted by molar-refractivity contribution is 6.01. The molecule has 0 bridgehead atoms. The number of nitrogens with zero attached hydrogens (tertiary/aromatic N) is 3. The van der Waals surface area contributed by atoms with Crippen LogP contribution in [0, 0.1) is 11.6 Å². The second kappa shape index (κ2) is 10.6. The van der Waals surface area contributed by atoms with Crippen LogP contribution in [0.25, 0.3) is 22.2 Å². The Kier molecular flexibility index (Phi) is 7.24. The molecule has 1 fully saturated rings. The molecule has 1 aliphatic rings. The molecule has 9 nitrogen and oxygen atoms in total. The monoisotopic (exact) mass is 548 g/mol. The first-order valence-electron chi connectivity index (χ1n) is 13.0. The molecular formula is C29H30F2N6O3. The van der Waals surface area contributed by atoms with Crippen LogP contribution in [0.5, 0.6) is 0 Å². The summed E-state index contributed by atoms with van der Waals surface area (Å²) in [6.45, 7) is 5.70. The Morgan fingerprint density at radius 2 is 1.95 bits per heavy atom. The lowest BCUT2D eigenvalue weighted by molar-refractivity contribution is -0.119. The number of aromatic nitrogens is 3. The van der Waals surface area contributed by atoms with Crippen molar-refractivity contribution in [3.05, 3.63) is 77.0 Å². The second-order valence-corrected chi connectivity index (χ2v) is 10.5. The van der Waals surface area contributed by atoms with Gasteiger partial charge in [-0.05, 0) is 61.2 Å². The molecule has 3 heterocycles. The SMILES string of the molecule is CC(=O)N[C@@H]1CCN(c2n[nH]c3nccc(-c4ccc(CNC(=O)c5ccc(C(C)(C)O)cc5F)c(F)c4)c23)C1. The first-order valence-corrected chi connectivity index (χ1v) is 13.0. The Morgan fingerprint density at radius 1 is 1.15 bits per heavy atom. The van der Waals surface area contributed by atoms with Crippen molar-refractivity contribution in [2.75, 3.05) is 18.0 Å². The topological polar surface area (TPSA) is 123 Å². The van der Waals surface area contributed by atoms with Crippen molar-refractivity contribution >= 4 is 28.7 Å². The van der Waals surface area contributed by atoms with E-state index in [1.165, 1.54) is 39.0 Å². The number of carbonyl (C=O) groups excluding carboxylic acids is 2. The van der Waals surface area contributed by atoms with Gasteiger partial charge in [0, 0.05) is 44.4 Å². The van der Waals surface area contributed by atoms with Gasteiger partial charge in [0.05, 0.1) is 16.6 Å². The summed E-state index contributed by atoms with van der Waals surface area (Å²) < 4.78 is 29.7. The molecule has 4 N–H and O–H groups in total. The van der Waals surface area contributed by atoms with Crippen LogP contribution in [-0.4, -0.2) is 51.2 Å². The summed E-state index contributed by atoms with van der Waals surface area (Å²) in [5, 5.41) is 23.7. The summed E-state index contributed by atoms with van der Waals surface area (Å²) in [5.74, 6) is -1.39. The number of rotatable bonds is 7. The van der Waals surface area contributed by atoms with E-state index in [4.69, 9.17) is 0 Å². The summed E-state index contributed by atoms with van der Waals surface area (Å²) in [7, 11) is 0. The van der Waals surface area contributed by atoms with Gasteiger partial charge in [-0.3, -0.25) is 14.7 Å². The molecule has 4 aromatic rings. The lowest BCUT2D eigenvalue weighted by atomic mass is 9.97. The highest BCUT2D eigenvalue weighted by Gasteiger charge is 2.27. The van der Waals surface area contributed by atoms with Gasteiger partial charge in [-0.2, -0.15) is 5.10 Å². The van der Waals surface area contributed by atoms with Crippen LogP contribution in [0.2, 0.25) is 0 Å². The van der Waals surface area contributed by atoms with E-state index in [0.717, 1.165) is 23.4 Å². The van der Waals surface area contributed by atoms with Crippen molar-refractivity contribution in [3.8, 4) is 11.1 Å². The fraction of sp³-hybridized carbons (Fsp3) is 0.310. The standard InChI is InChI=1S/C29H30F2N6O3/c1-16(38)34-20-9-11-37(15-20)27-25-21(8-10-32-26(25)35-36-27)17-4-5-18(23(30)12-17)14-33-28(39)22-7-6-19(13-24(22)31)29(2,3)40/h4-8,10,12-13,20,40H,9,11,14-15H2,1-3H3,(H,33,39)(H,34,38)(H,32,35,36)/t20-/m1/s1. The number of aromatic amines is 1. The molecule has 11 heteroatoms. The second-order valence-electron chi connectivity index (χ2n) is 10.5. The van der Waals surface area contributed by atoms with Crippen LogP contribution in [0.3, 0.4) is 0 Å². The predicted molar refractivity (Wildman–Crippen MR) is 147 cm³/mol. The summed E-state index contributed by atoms with van der Waals surface area (Å²) in [6.07, 6.45) is 2.40. The molecule has 1 atom stereocenters. The minimum atomic E-state index is -1.25. The van der Waals surface area contributed by atoms with Crippen LogP contribution in [0.4, 0.5) is 14.6 Å². The third-order valence-electron chi connectivity index (χ3n) is 7.06. The van der Waals surface area contributed by atoms with E-state index in [1.807, 2.05) is 0 Å². The van der Waals surface area contributed by atoms with Crippen molar-refractivity contribution in [2.45, 2.75) is 45.4 Å². The Bertz CT molecular complexity index is 1600. The largest absolute Gasteiger partial charge is 0.386 e. The first-order chi connectivity index (χ1) is 19.0. The average molecular weight is 549 g/mol. The van der Waals surface area contributed by atoms with Crippen molar-refractivity contribution in [2.24, 2.45) is 0 Å². The van der Waals surface area contributed by atoms with Gasteiger partial charge < -0.3 is 20.6 Å². The maximum atomic E-state index is 15.2. The van der Waals surface area contributed by atoms with Crippen molar-refractivity contribution in [1.29, 1.82) is 0 Å². The number of anilines is 1. The molecule has 2 aromatic carbocycles. The molecule has 5 rings (SSSR count). The van der Waals surface area contributed by atoms with Crippen LogP contribution in [0.1, 0.15) is 48.7 Å². The Balaban J connectivity index is 1.34. The number of hydrogen-bond acceptors (Lipinski definition) is 6. The number of benzene rings is 2. The highest BCUT2D eigenvalue weighted by Crippen LogP contribution is 2.35. The first kappa shape index (κ1) is 27.2. The average Bonchev–Trinajstić information content (AvgIpc) is 3.53. The Labute approximate surface area is 229 Å². The van der Waals surface area contributed by atoms with Gasteiger partial charge in [0.2, 0.25) is 5.91 Å². The van der Waals surface area contributed by atoms with Crippen molar-refractivity contribution in [3.63, 3.8) is 0 Å². The zero-order valence-corrected chi connectivity index (χ0v) is 22.4. The molecule has 2 aromatic heterocycles. The lowest BCUT2D eigenvalue weighted by Gasteiger charge is -2.18. The fourth-order valence-corrected chi connectivity index (χ4v) is 4.97. The summed E-state index contributed by atoms with van der Waals surface area (Å²) in [4.78, 5) is 30.5. The third kappa shape index (κ3) is 5.50. The Morgan fingerprint density at radius 3 is 2.65 bits per heavy atom. The van der Waals surface area contributed by atoms with Gasteiger partial charge >= 0.3 is 0 Å². The predicted octanol–water partition coefficient (Wildman–Crippen LogP) is 3.78. The van der Waals surface area contributed by atoms with E-state index in [0.29, 0.717) is 35.7 Å². The molecule has 0 spiro atoms. The summed E-state index contributed by atoms with van der Waals surface area (Å²) >= 11 is 0. The van der Waals surface area contributed by atoms with E-state index in [-0.39, 0.29) is 29.6 Å². The number of aliphatic hydroxyl groups is 1. The van der Waals surface area contributed by atoms with Gasteiger partial charge in [0.15, 0.2) is 11.5 Å². The van der Waals surface area contributed by atoms with Gasteiger partial charge in [-0.15, -0.1) is 0 Å². The van der Waals surface area contributed by atoms with E-state index in [1.54, 1.807) is 24.4 Å². The summed E-state index contributed by atoms with van der Waals surface area (Å²) in [6, 6.07) is 10.4. The van der Waals surface area contributed by atoms with Crippen LogP contribution < -0.4 is 15.5 Å².